The molecule has 1 N–H and O–H groups in total. The van der Waals surface area contributed by atoms with Crippen molar-refractivity contribution in [2.24, 2.45) is 29.1 Å². The lowest BCUT2D eigenvalue weighted by atomic mass is 9.59. The number of fused-ring (bicyclic) bond motifs is 1. The Labute approximate surface area is 157 Å². The third-order valence-corrected chi connectivity index (χ3v) is 12.4. The van der Waals surface area contributed by atoms with Crippen molar-refractivity contribution in [2.45, 2.75) is 92.0 Å². The molecule has 2 rings (SSSR count). The van der Waals surface area contributed by atoms with Crippen LogP contribution >= 0.6 is 0 Å². The summed E-state index contributed by atoms with van der Waals surface area (Å²) in [4.78, 5) is 0. The van der Waals surface area contributed by atoms with Gasteiger partial charge >= 0.3 is 0 Å². The van der Waals surface area contributed by atoms with Gasteiger partial charge in [0.25, 0.3) is 0 Å². The monoisotopic (exact) mass is 366 g/mol. The van der Waals surface area contributed by atoms with E-state index in [1.807, 2.05) is 0 Å². The predicted octanol–water partition coefficient (Wildman–Crippen LogP) is 6.02. The molecule has 0 aliphatic heterocycles. The summed E-state index contributed by atoms with van der Waals surface area (Å²) in [7, 11) is -1.69. The maximum Gasteiger partial charge on any atom is 0.192 e. The van der Waals surface area contributed by atoms with Gasteiger partial charge in [-0.1, -0.05) is 46.3 Å². The summed E-state index contributed by atoms with van der Waals surface area (Å²) in [5, 5.41) is 10.8. The van der Waals surface area contributed by atoms with Crippen LogP contribution in [0.2, 0.25) is 18.1 Å². The minimum Gasteiger partial charge on any atom is -0.413 e. The lowest BCUT2D eigenvalue weighted by Gasteiger charge is -2.54. The molecule has 2 saturated carbocycles. The Morgan fingerprint density at radius 1 is 1.08 bits per heavy atom. The van der Waals surface area contributed by atoms with Crippen molar-refractivity contribution in [3.63, 3.8) is 0 Å². The summed E-state index contributed by atoms with van der Waals surface area (Å²) in [6, 6.07) is 3.58. The SMILES string of the molecule is CC[Si](CC)(CC)OC1[C@@H](C)CC[C@@H]2[C@@H](C)C[C@@H](C=C(C)C)[C@]12CO. The van der Waals surface area contributed by atoms with Crippen molar-refractivity contribution in [3.05, 3.63) is 11.6 Å². The molecule has 2 nitrogen and oxygen atoms in total. The first-order valence-corrected chi connectivity index (χ1v) is 13.3. The second kappa shape index (κ2) is 8.27. The quantitative estimate of drug-likeness (QED) is 0.441. The maximum atomic E-state index is 10.8. The van der Waals surface area contributed by atoms with Gasteiger partial charge in [0.2, 0.25) is 0 Å². The maximum absolute atomic E-state index is 10.8. The molecule has 0 aromatic carbocycles. The van der Waals surface area contributed by atoms with Crippen LogP contribution in [-0.2, 0) is 4.43 Å². The molecule has 3 heteroatoms. The Kier molecular flexibility index (Phi) is 7.00. The molecule has 25 heavy (non-hydrogen) atoms. The highest BCUT2D eigenvalue weighted by molar-refractivity contribution is 6.73. The second-order valence-corrected chi connectivity index (χ2v) is 14.0. The molecule has 2 aliphatic carbocycles. The number of aliphatic hydroxyl groups is 1. The van der Waals surface area contributed by atoms with Gasteiger partial charge in [-0.15, -0.1) is 0 Å². The summed E-state index contributed by atoms with van der Waals surface area (Å²) in [5.41, 5.74) is 1.32. The highest BCUT2D eigenvalue weighted by Crippen LogP contribution is 2.61. The zero-order chi connectivity index (χ0) is 18.8. The summed E-state index contributed by atoms with van der Waals surface area (Å²) in [6.45, 7) is 16.4. The van der Waals surface area contributed by atoms with Crippen molar-refractivity contribution in [2.75, 3.05) is 6.61 Å². The highest BCUT2D eigenvalue weighted by atomic mass is 28.4. The van der Waals surface area contributed by atoms with Crippen molar-refractivity contribution >= 4 is 8.32 Å². The van der Waals surface area contributed by atoms with Crippen LogP contribution in [0.25, 0.3) is 0 Å². The minimum atomic E-state index is -1.69. The first kappa shape index (κ1) is 21.2. The molecule has 2 aliphatic rings. The summed E-state index contributed by atoms with van der Waals surface area (Å²) >= 11 is 0. The van der Waals surface area contributed by atoms with Crippen LogP contribution in [0.5, 0.6) is 0 Å². The van der Waals surface area contributed by atoms with Gasteiger partial charge in [-0.25, -0.2) is 0 Å². The normalized spacial score (nSPS) is 38.5. The minimum absolute atomic E-state index is 0.0634. The molecular weight excluding hydrogens is 324 g/mol. The Morgan fingerprint density at radius 2 is 1.68 bits per heavy atom. The molecule has 0 bridgehead atoms. The van der Waals surface area contributed by atoms with E-state index in [0.29, 0.717) is 23.7 Å². The molecule has 6 atom stereocenters. The largest absolute Gasteiger partial charge is 0.413 e. The van der Waals surface area contributed by atoms with Gasteiger partial charge < -0.3 is 9.53 Å². The van der Waals surface area contributed by atoms with Gasteiger partial charge in [0.05, 0.1) is 12.7 Å². The van der Waals surface area contributed by atoms with E-state index in [2.05, 4.69) is 54.5 Å². The van der Waals surface area contributed by atoms with Crippen LogP contribution in [0.3, 0.4) is 0 Å². The topological polar surface area (TPSA) is 29.5 Å². The van der Waals surface area contributed by atoms with E-state index in [0.717, 1.165) is 0 Å². The van der Waals surface area contributed by atoms with Crippen molar-refractivity contribution < 1.29 is 9.53 Å². The number of allylic oxidation sites excluding steroid dienone is 2. The summed E-state index contributed by atoms with van der Waals surface area (Å²) in [6.07, 6.45) is 6.41. The average molecular weight is 367 g/mol. The van der Waals surface area contributed by atoms with Gasteiger partial charge in [0, 0.05) is 5.41 Å². The van der Waals surface area contributed by atoms with E-state index in [1.54, 1.807) is 0 Å². The summed E-state index contributed by atoms with van der Waals surface area (Å²) in [5.74, 6) is 2.31. The molecule has 0 aromatic rings. The second-order valence-electron chi connectivity index (χ2n) is 9.28. The molecule has 1 unspecified atom stereocenters. The first-order valence-electron chi connectivity index (χ1n) is 10.7. The van der Waals surface area contributed by atoms with E-state index in [9.17, 15) is 5.11 Å². The Morgan fingerprint density at radius 3 is 2.16 bits per heavy atom. The fraction of sp³-hybridized carbons (Fsp3) is 0.909. The molecule has 146 valence electrons. The number of hydrogen-bond acceptors (Lipinski definition) is 2. The fourth-order valence-corrected chi connectivity index (χ4v) is 9.12. The highest BCUT2D eigenvalue weighted by Gasteiger charge is 2.61. The number of hydrogen-bond donors (Lipinski definition) is 1. The zero-order valence-electron chi connectivity index (χ0n) is 17.8. The molecular formula is C22H42O2Si. The summed E-state index contributed by atoms with van der Waals surface area (Å²) < 4.78 is 7.16. The third kappa shape index (κ3) is 3.66. The van der Waals surface area contributed by atoms with E-state index in [4.69, 9.17) is 4.43 Å². The Balaban J connectivity index is 2.48. The van der Waals surface area contributed by atoms with Crippen LogP contribution in [0, 0.1) is 29.1 Å². The van der Waals surface area contributed by atoms with Crippen LogP contribution in [0.15, 0.2) is 11.6 Å². The lowest BCUT2D eigenvalue weighted by molar-refractivity contribution is -0.110. The van der Waals surface area contributed by atoms with Gasteiger partial charge in [-0.2, -0.15) is 0 Å². The van der Waals surface area contributed by atoms with E-state index < -0.39 is 8.32 Å². The molecule has 2 fully saturated rings. The standard InChI is InChI=1S/C22H42O2Si/c1-8-25(9-2,10-3)24-21-17(6)11-12-20-18(7)14-19(13-16(4)5)22(20,21)15-23/h13,17-21,23H,8-12,14-15H2,1-7H3/t17-,18-,19+,20+,21?,22-/m0/s1. The van der Waals surface area contributed by atoms with Crippen LogP contribution in [0.1, 0.15) is 67.7 Å². The van der Waals surface area contributed by atoms with Gasteiger partial charge in [0.1, 0.15) is 0 Å². The number of aliphatic hydroxyl groups excluding tert-OH is 1. The average Bonchev–Trinajstić information content (AvgIpc) is 2.86. The van der Waals surface area contributed by atoms with Gasteiger partial charge in [-0.05, 0) is 74.9 Å². The van der Waals surface area contributed by atoms with E-state index >= 15 is 0 Å². The zero-order valence-corrected chi connectivity index (χ0v) is 18.8. The van der Waals surface area contributed by atoms with Crippen molar-refractivity contribution in [3.8, 4) is 0 Å². The lowest BCUT2D eigenvalue weighted by Crippen LogP contribution is -2.57. The van der Waals surface area contributed by atoms with Gasteiger partial charge in [-0.3, -0.25) is 0 Å². The molecule has 0 amide bonds. The van der Waals surface area contributed by atoms with E-state index in [1.165, 1.54) is 43.0 Å². The Bertz CT molecular complexity index is 458. The van der Waals surface area contributed by atoms with Crippen LogP contribution in [-0.4, -0.2) is 26.1 Å². The fourth-order valence-electron chi connectivity index (χ4n) is 6.13. The van der Waals surface area contributed by atoms with Crippen LogP contribution in [0.4, 0.5) is 0 Å². The molecule has 0 saturated heterocycles. The van der Waals surface area contributed by atoms with Crippen LogP contribution < -0.4 is 0 Å². The number of rotatable bonds is 7. The van der Waals surface area contributed by atoms with Gasteiger partial charge in [0.15, 0.2) is 8.32 Å². The molecule has 0 aromatic heterocycles. The van der Waals surface area contributed by atoms with E-state index in [-0.39, 0.29) is 18.1 Å². The van der Waals surface area contributed by atoms with Crippen molar-refractivity contribution in [1.82, 2.24) is 0 Å². The third-order valence-electron chi connectivity index (χ3n) is 7.79. The Hall–Kier alpha value is -0.123. The molecule has 0 heterocycles. The smallest absolute Gasteiger partial charge is 0.192 e. The predicted molar refractivity (Wildman–Crippen MR) is 110 cm³/mol. The first-order chi connectivity index (χ1) is 11.8. The molecule has 0 spiro atoms. The molecule has 0 radical (unpaired) electrons. The van der Waals surface area contributed by atoms with Crippen molar-refractivity contribution in [1.29, 1.82) is 0 Å².